The summed E-state index contributed by atoms with van der Waals surface area (Å²) in [6.45, 7) is 5.49. The summed E-state index contributed by atoms with van der Waals surface area (Å²) >= 11 is 3.19. The van der Waals surface area contributed by atoms with E-state index in [2.05, 4.69) is 26.0 Å². The normalized spacial score (nSPS) is 11.4. The lowest BCUT2D eigenvalue weighted by molar-refractivity contribution is -0.124. The largest absolute Gasteiger partial charge is 0.452 e. The Morgan fingerprint density at radius 3 is 2.56 bits per heavy atom. The maximum Gasteiger partial charge on any atom is 0.339 e. The van der Waals surface area contributed by atoms with Crippen molar-refractivity contribution in [3.8, 4) is 0 Å². The predicted molar refractivity (Wildman–Crippen MR) is 97.8 cm³/mol. The Morgan fingerprint density at radius 2 is 1.96 bits per heavy atom. The molecule has 0 atom stereocenters. The highest BCUT2D eigenvalue weighted by atomic mass is 79.9. The first-order valence-electron chi connectivity index (χ1n) is 7.93. The van der Waals surface area contributed by atoms with Crippen LogP contribution in [0.25, 0.3) is 0 Å². The van der Waals surface area contributed by atoms with Crippen LogP contribution in [0.2, 0.25) is 0 Å². The minimum atomic E-state index is -3.74. The van der Waals surface area contributed by atoms with Crippen molar-refractivity contribution in [2.75, 3.05) is 13.2 Å². The molecule has 25 heavy (non-hydrogen) atoms. The molecule has 0 aromatic heterocycles. The van der Waals surface area contributed by atoms with Gasteiger partial charge in [0.15, 0.2) is 6.61 Å². The van der Waals surface area contributed by atoms with Gasteiger partial charge in [-0.05, 0) is 54.4 Å². The van der Waals surface area contributed by atoms with Gasteiger partial charge in [-0.2, -0.15) is 0 Å². The molecule has 0 saturated carbocycles. The Morgan fingerprint density at radius 1 is 1.28 bits per heavy atom. The van der Waals surface area contributed by atoms with E-state index in [0.717, 1.165) is 12.8 Å². The second-order valence-corrected chi connectivity index (χ2v) is 8.27. The van der Waals surface area contributed by atoms with E-state index in [0.29, 0.717) is 11.0 Å². The van der Waals surface area contributed by atoms with Crippen LogP contribution in [-0.4, -0.2) is 39.5 Å². The lowest BCUT2D eigenvalue weighted by Gasteiger charge is -2.12. The van der Waals surface area contributed by atoms with Crippen molar-refractivity contribution in [2.24, 2.45) is 0 Å². The molecule has 0 fully saturated rings. The number of hydrogen-bond acceptors (Lipinski definition) is 5. The standard InChI is InChI=1S/C16H23BrN2O5S/c1-4-5-8-18-15(20)10-24-16(21)13-9-12(6-7-14(13)17)25(22,23)19-11(2)3/h6-7,9,11,19H,4-5,8,10H2,1-3H3,(H,18,20). The number of nitrogens with one attached hydrogen (secondary N) is 2. The van der Waals surface area contributed by atoms with Crippen LogP contribution in [0.4, 0.5) is 0 Å². The maximum atomic E-state index is 12.2. The molecule has 1 rings (SSSR count). The molecule has 140 valence electrons. The highest BCUT2D eigenvalue weighted by Crippen LogP contribution is 2.22. The number of benzene rings is 1. The average molecular weight is 435 g/mol. The number of esters is 1. The van der Waals surface area contributed by atoms with E-state index in [1.54, 1.807) is 13.8 Å². The number of halogens is 1. The summed E-state index contributed by atoms with van der Waals surface area (Å²) in [5, 5.41) is 2.63. The molecular formula is C16H23BrN2O5S. The third-order valence-electron chi connectivity index (χ3n) is 3.05. The molecule has 0 radical (unpaired) electrons. The van der Waals surface area contributed by atoms with Gasteiger partial charge in [0.25, 0.3) is 5.91 Å². The summed E-state index contributed by atoms with van der Waals surface area (Å²) in [5.41, 5.74) is 0.0352. The van der Waals surface area contributed by atoms with E-state index in [-0.39, 0.29) is 16.5 Å². The van der Waals surface area contributed by atoms with Gasteiger partial charge in [-0.1, -0.05) is 13.3 Å². The van der Waals surface area contributed by atoms with Crippen molar-refractivity contribution in [3.05, 3.63) is 28.2 Å². The van der Waals surface area contributed by atoms with Crippen LogP contribution in [-0.2, 0) is 19.6 Å². The molecule has 0 unspecified atom stereocenters. The molecule has 0 saturated heterocycles. The number of rotatable bonds is 9. The number of ether oxygens (including phenoxy) is 1. The third-order valence-corrected chi connectivity index (χ3v) is 5.39. The molecule has 0 aliphatic rings. The first kappa shape index (κ1) is 21.6. The highest BCUT2D eigenvalue weighted by Gasteiger charge is 2.20. The van der Waals surface area contributed by atoms with Crippen LogP contribution in [0.5, 0.6) is 0 Å². The number of unbranched alkanes of at least 4 members (excludes halogenated alkanes) is 1. The monoisotopic (exact) mass is 434 g/mol. The molecule has 0 bridgehead atoms. The summed E-state index contributed by atoms with van der Waals surface area (Å²) < 4.78 is 32.2. The van der Waals surface area contributed by atoms with Crippen LogP contribution in [0.15, 0.2) is 27.6 Å². The van der Waals surface area contributed by atoms with Gasteiger partial charge in [0.2, 0.25) is 10.0 Å². The summed E-state index contributed by atoms with van der Waals surface area (Å²) in [6, 6.07) is 3.76. The van der Waals surface area contributed by atoms with Crippen LogP contribution in [0.1, 0.15) is 44.0 Å². The van der Waals surface area contributed by atoms with Crippen molar-refractivity contribution in [2.45, 2.75) is 44.6 Å². The van der Waals surface area contributed by atoms with E-state index in [1.807, 2.05) is 6.92 Å². The van der Waals surface area contributed by atoms with Crippen LogP contribution in [0.3, 0.4) is 0 Å². The molecule has 0 heterocycles. The number of carbonyl (C=O) groups excluding carboxylic acids is 2. The summed E-state index contributed by atoms with van der Waals surface area (Å²) in [4.78, 5) is 23.7. The summed E-state index contributed by atoms with van der Waals surface area (Å²) in [6.07, 6.45) is 1.78. The fourth-order valence-electron chi connectivity index (χ4n) is 1.87. The molecule has 7 nitrogen and oxygen atoms in total. The molecule has 0 aliphatic heterocycles. The van der Waals surface area contributed by atoms with Crippen molar-refractivity contribution in [1.29, 1.82) is 0 Å². The molecule has 1 amide bonds. The first-order chi connectivity index (χ1) is 11.7. The number of amides is 1. The van der Waals surface area contributed by atoms with E-state index >= 15 is 0 Å². The van der Waals surface area contributed by atoms with Gasteiger partial charge in [0.05, 0.1) is 10.5 Å². The van der Waals surface area contributed by atoms with Gasteiger partial charge in [0, 0.05) is 17.1 Å². The third kappa shape index (κ3) is 7.13. The fourth-order valence-corrected chi connectivity index (χ4v) is 3.56. The fraction of sp³-hybridized carbons (Fsp3) is 0.500. The van der Waals surface area contributed by atoms with Crippen molar-refractivity contribution >= 4 is 37.8 Å². The molecule has 0 spiro atoms. The van der Waals surface area contributed by atoms with Crippen molar-refractivity contribution < 1.29 is 22.7 Å². The Bertz CT molecular complexity index is 719. The van der Waals surface area contributed by atoms with Crippen LogP contribution >= 0.6 is 15.9 Å². The van der Waals surface area contributed by atoms with Gasteiger partial charge in [0.1, 0.15) is 0 Å². The van der Waals surface area contributed by atoms with Gasteiger partial charge >= 0.3 is 5.97 Å². The first-order valence-corrected chi connectivity index (χ1v) is 10.2. The zero-order valence-corrected chi connectivity index (χ0v) is 16.9. The average Bonchev–Trinajstić information content (AvgIpc) is 2.52. The second-order valence-electron chi connectivity index (χ2n) is 5.70. The van der Waals surface area contributed by atoms with Crippen molar-refractivity contribution in [3.63, 3.8) is 0 Å². The molecule has 2 N–H and O–H groups in total. The summed E-state index contributed by atoms with van der Waals surface area (Å²) in [5.74, 6) is -1.18. The van der Waals surface area contributed by atoms with E-state index in [1.165, 1.54) is 18.2 Å². The topological polar surface area (TPSA) is 102 Å². The molecule has 0 aliphatic carbocycles. The Kier molecular flexibility index (Phi) is 8.54. The number of hydrogen-bond donors (Lipinski definition) is 2. The van der Waals surface area contributed by atoms with E-state index < -0.39 is 28.5 Å². The second kappa shape index (κ2) is 9.88. The quantitative estimate of drug-likeness (QED) is 0.458. The number of sulfonamides is 1. The lowest BCUT2D eigenvalue weighted by atomic mass is 10.2. The molecule has 1 aromatic rings. The zero-order valence-electron chi connectivity index (χ0n) is 14.5. The van der Waals surface area contributed by atoms with Crippen LogP contribution < -0.4 is 10.0 Å². The lowest BCUT2D eigenvalue weighted by Crippen LogP contribution is -2.30. The SMILES string of the molecule is CCCCNC(=O)COC(=O)c1cc(S(=O)(=O)NC(C)C)ccc1Br. The molecule has 1 aromatic carbocycles. The molecule has 9 heteroatoms. The van der Waals surface area contributed by atoms with Crippen molar-refractivity contribution in [1.82, 2.24) is 10.0 Å². The summed E-state index contributed by atoms with van der Waals surface area (Å²) in [7, 11) is -3.74. The van der Waals surface area contributed by atoms with Crippen LogP contribution in [0, 0.1) is 0 Å². The van der Waals surface area contributed by atoms with Gasteiger partial charge in [-0.15, -0.1) is 0 Å². The van der Waals surface area contributed by atoms with Gasteiger partial charge in [-0.3, -0.25) is 4.79 Å². The highest BCUT2D eigenvalue weighted by molar-refractivity contribution is 9.10. The predicted octanol–water partition coefficient (Wildman–Crippen LogP) is 2.21. The Labute approximate surface area is 156 Å². The van der Waals surface area contributed by atoms with Gasteiger partial charge in [-0.25, -0.2) is 17.9 Å². The maximum absolute atomic E-state index is 12.2. The minimum Gasteiger partial charge on any atom is -0.452 e. The number of carbonyl (C=O) groups is 2. The van der Waals surface area contributed by atoms with E-state index in [9.17, 15) is 18.0 Å². The minimum absolute atomic E-state index is 0.0352. The Hall–Kier alpha value is -1.45. The molecular weight excluding hydrogens is 412 g/mol. The van der Waals surface area contributed by atoms with E-state index in [4.69, 9.17) is 4.74 Å². The zero-order chi connectivity index (χ0) is 19.0. The smallest absolute Gasteiger partial charge is 0.339 e. The Balaban J connectivity index is 2.82. The van der Waals surface area contributed by atoms with Gasteiger partial charge < -0.3 is 10.1 Å².